The van der Waals surface area contributed by atoms with E-state index in [1.165, 1.54) is 11.3 Å². The van der Waals surface area contributed by atoms with Crippen molar-refractivity contribution in [1.82, 2.24) is 14.9 Å². The lowest BCUT2D eigenvalue weighted by molar-refractivity contribution is 0.0742. The number of hydrogen-bond acceptors (Lipinski definition) is 8. The Hall–Kier alpha value is -2.65. The van der Waals surface area contributed by atoms with Crippen molar-refractivity contribution in [3.8, 4) is 22.1 Å². The first-order valence-corrected chi connectivity index (χ1v) is 10.6. The summed E-state index contributed by atoms with van der Waals surface area (Å²) in [7, 11) is 3.20. The van der Waals surface area contributed by atoms with Crippen LogP contribution in [-0.4, -0.2) is 61.2 Å². The maximum absolute atomic E-state index is 12.9. The maximum atomic E-state index is 12.9. The van der Waals surface area contributed by atoms with Crippen LogP contribution in [0.15, 0.2) is 35.2 Å². The molecule has 7 nitrogen and oxygen atoms in total. The molecule has 3 heterocycles. The predicted octanol–water partition coefficient (Wildman–Crippen LogP) is 3.25. The highest BCUT2D eigenvalue weighted by molar-refractivity contribution is 7.13. The summed E-state index contributed by atoms with van der Waals surface area (Å²) in [6.07, 6.45) is 1.81. The Labute approximate surface area is 171 Å². The number of piperazine rings is 1. The molecule has 1 aromatic carbocycles. The van der Waals surface area contributed by atoms with Gasteiger partial charge in [-0.1, -0.05) is 0 Å². The lowest BCUT2D eigenvalue weighted by atomic mass is 10.2. The Bertz CT molecular complexity index is 950. The van der Waals surface area contributed by atoms with Gasteiger partial charge in [-0.05, 0) is 18.2 Å². The van der Waals surface area contributed by atoms with Gasteiger partial charge >= 0.3 is 0 Å². The summed E-state index contributed by atoms with van der Waals surface area (Å²) in [5, 5.41) is 5.58. The van der Waals surface area contributed by atoms with E-state index in [9.17, 15) is 4.79 Å². The molecular weight excluding hydrogens is 396 g/mol. The van der Waals surface area contributed by atoms with Crippen LogP contribution in [0.1, 0.15) is 10.5 Å². The Morgan fingerprint density at radius 1 is 1.07 bits per heavy atom. The molecule has 1 aliphatic heterocycles. The third kappa shape index (κ3) is 3.67. The van der Waals surface area contributed by atoms with E-state index in [2.05, 4.69) is 14.9 Å². The largest absolute Gasteiger partial charge is 0.493 e. The Balaban J connectivity index is 1.45. The first-order valence-electron chi connectivity index (χ1n) is 8.81. The molecule has 0 atom stereocenters. The summed E-state index contributed by atoms with van der Waals surface area (Å²) in [5.41, 5.74) is 1.38. The number of carbonyl (C=O) groups is 1. The van der Waals surface area contributed by atoms with Crippen molar-refractivity contribution in [1.29, 1.82) is 0 Å². The van der Waals surface area contributed by atoms with Crippen molar-refractivity contribution in [2.24, 2.45) is 0 Å². The van der Waals surface area contributed by atoms with Gasteiger partial charge in [0.15, 0.2) is 16.6 Å². The van der Waals surface area contributed by atoms with Crippen LogP contribution < -0.4 is 14.4 Å². The summed E-state index contributed by atoms with van der Waals surface area (Å²) in [6, 6.07) is 5.63. The topological polar surface area (TPSA) is 67.8 Å². The number of nitrogens with zero attached hydrogens (tertiary/aromatic N) is 4. The van der Waals surface area contributed by atoms with Gasteiger partial charge in [0.1, 0.15) is 10.7 Å². The SMILES string of the molecule is COc1ccc(-c2nc(C(=O)N3CCN(c4nccs4)CC3)cs2)cc1OC. The molecule has 2 aromatic heterocycles. The second-order valence-corrected chi connectivity index (χ2v) is 7.93. The molecule has 0 radical (unpaired) electrons. The summed E-state index contributed by atoms with van der Waals surface area (Å²) >= 11 is 3.08. The van der Waals surface area contributed by atoms with Crippen LogP contribution >= 0.6 is 22.7 Å². The number of anilines is 1. The molecule has 0 bridgehead atoms. The smallest absolute Gasteiger partial charge is 0.273 e. The molecule has 146 valence electrons. The zero-order valence-corrected chi connectivity index (χ0v) is 17.3. The summed E-state index contributed by atoms with van der Waals surface area (Å²) in [6.45, 7) is 2.90. The molecular formula is C19H20N4O3S2. The third-order valence-electron chi connectivity index (χ3n) is 4.61. The molecule has 0 N–H and O–H groups in total. The van der Waals surface area contributed by atoms with Gasteiger partial charge in [0.05, 0.1) is 14.2 Å². The van der Waals surface area contributed by atoms with Gasteiger partial charge in [-0.25, -0.2) is 9.97 Å². The van der Waals surface area contributed by atoms with Gasteiger partial charge < -0.3 is 19.3 Å². The summed E-state index contributed by atoms with van der Waals surface area (Å²) < 4.78 is 10.6. The number of methoxy groups -OCH3 is 2. The van der Waals surface area contributed by atoms with E-state index in [4.69, 9.17) is 9.47 Å². The van der Waals surface area contributed by atoms with Crippen molar-refractivity contribution in [2.45, 2.75) is 0 Å². The van der Waals surface area contributed by atoms with E-state index in [1.54, 1.807) is 25.6 Å². The molecule has 0 spiro atoms. The zero-order chi connectivity index (χ0) is 19.5. The van der Waals surface area contributed by atoms with E-state index in [-0.39, 0.29) is 5.91 Å². The van der Waals surface area contributed by atoms with Crippen LogP contribution in [0, 0.1) is 0 Å². The van der Waals surface area contributed by atoms with E-state index in [1.807, 2.05) is 40.1 Å². The van der Waals surface area contributed by atoms with Crippen molar-refractivity contribution >= 4 is 33.7 Å². The fourth-order valence-corrected chi connectivity index (χ4v) is 4.60. The lowest BCUT2D eigenvalue weighted by Gasteiger charge is -2.34. The molecule has 0 saturated carbocycles. The van der Waals surface area contributed by atoms with Gasteiger partial charge in [0.2, 0.25) is 0 Å². The highest BCUT2D eigenvalue weighted by Gasteiger charge is 2.25. The normalized spacial score (nSPS) is 14.2. The number of amides is 1. The number of aromatic nitrogens is 2. The quantitative estimate of drug-likeness (QED) is 0.636. The minimum Gasteiger partial charge on any atom is -0.493 e. The molecule has 1 fully saturated rings. The van der Waals surface area contributed by atoms with Crippen LogP contribution in [0.5, 0.6) is 11.5 Å². The second-order valence-electron chi connectivity index (χ2n) is 6.20. The van der Waals surface area contributed by atoms with Crippen LogP contribution in [0.3, 0.4) is 0 Å². The van der Waals surface area contributed by atoms with E-state index < -0.39 is 0 Å². The molecule has 4 rings (SSSR count). The Morgan fingerprint density at radius 2 is 1.86 bits per heavy atom. The molecule has 28 heavy (non-hydrogen) atoms. The minimum atomic E-state index is -0.0261. The van der Waals surface area contributed by atoms with Gasteiger partial charge in [-0.3, -0.25) is 4.79 Å². The fourth-order valence-electron chi connectivity index (χ4n) is 3.11. The zero-order valence-electron chi connectivity index (χ0n) is 15.6. The predicted molar refractivity (Wildman–Crippen MR) is 111 cm³/mol. The average molecular weight is 417 g/mol. The molecule has 9 heteroatoms. The Morgan fingerprint density at radius 3 is 2.54 bits per heavy atom. The van der Waals surface area contributed by atoms with Crippen molar-refractivity contribution < 1.29 is 14.3 Å². The minimum absolute atomic E-state index is 0.0261. The first kappa shape index (κ1) is 18.7. The van der Waals surface area contributed by atoms with Crippen LogP contribution in [0.25, 0.3) is 10.6 Å². The van der Waals surface area contributed by atoms with Gasteiger partial charge in [-0.15, -0.1) is 22.7 Å². The molecule has 1 aliphatic rings. The Kier molecular flexibility index (Phi) is 5.45. The number of rotatable bonds is 5. The fraction of sp³-hybridized carbons (Fsp3) is 0.316. The van der Waals surface area contributed by atoms with Crippen LogP contribution in [0.2, 0.25) is 0 Å². The number of hydrogen-bond donors (Lipinski definition) is 0. The van der Waals surface area contributed by atoms with E-state index in [0.717, 1.165) is 28.8 Å². The molecule has 0 aliphatic carbocycles. The number of benzene rings is 1. The highest BCUT2D eigenvalue weighted by atomic mass is 32.1. The van der Waals surface area contributed by atoms with Crippen molar-refractivity contribution in [3.05, 3.63) is 40.8 Å². The molecule has 0 unspecified atom stereocenters. The molecule has 1 saturated heterocycles. The average Bonchev–Trinajstić information content (AvgIpc) is 3.45. The molecule has 3 aromatic rings. The van der Waals surface area contributed by atoms with Crippen molar-refractivity contribution in [2.75, 3.05) is 45.3 Å². The lowest BCUT2D eigenvalue weighted by Crippen LogP contribution is -2.48. The number of thiazole rings is 2. The van der Waals surface area contributed by atoms with Crippen molar-refractivity contribution in [3.63, 3.8) is 0 Å². The van der Waals surface area contributed by atoms with E-state index >= 15 is 0 Å². The molecule has 1 amide bonds. The maximum Gasteiger partial charge on any atom is 0.273 e. The third-order valence-corrected chi connectivity index (χ3v) is 6.33. The van der Waals surface area contributed by atoms with E-state index in [0.29, 0.717) is 30.3 Å². The second kappa shape index (κ2) is 8.15. The number of ether oxygens (including phenoxy) is 2. The van der Waals surface area contributed by atoms with Gasteiger partial charge in [0.25, 0.3) is 5.91 Å². The van der Waals surface area contributed by atoms with Crippen LogP contribution in [-0.2, 0) is 0 Å². The summed E-state index contributed by atoms with van der Waals surface area (Å²) in [4.78, 5) is 25.8. The highest BCUT2D eigenvalue weighted by Crippen LogP contribution is 2.33. The standard InChI is InChI=1S/C19H20N4O3S2/c1-25-15-4-3-13(11-16(15)26-2)17-21-14(12-28-17)18(24)22-6-8-23(9-7-22)19-20-5-10-27-19/h3-5,10-12H,6-9H2,1-2H3. The van der Waals surface area contributed by atoms with Gasteiger partial charge in [0, 0.05) is 48.7 Å². The summed E-state index contributed by atoms with van der Waals surface area (Å²) in [5.74, 6) is 1.28. The number of carbonyl (C=O) groups excluding carboxylic acids is 1. The monoisotopic (exact) mass is 416 g/mol. The van der Waals surface area contributed by atoms with Gasteiger partial charge in [-0.2, -0.15) is 0 Å². The first-order chi connectivity index (χ1) is 13.7. The van der Waals surface area contributed by atoms with Crippen LogP contribution in [0.4, 0.5) is 5.13 Å².